The Labute approximate surface area is 159 Å². The van der Waals surface area contributed by atoms with E-state index in [9.17, 15) is 14.4 Å². The predicted octanol–water partition coefficient (Wildman–Crippen LogP) is 2.51. The third kappa shape index (κ3) is 4.15. The molecule has 1 heterocycles. The first kappa shape index (κ1) is 18.0. The van der Waals surface area contributed by atoms with Crippen LogP contribution in [0.2, 0.25) is 0 Å². The molecule has 6 heteroatoms. The van der Waals surface area contributed by atoms with E-state index in [-0.39, 0.29) is 29.6 Å². The molecule has 1 aliphatic heterocycles. The summed E-state index contributed by atoms with van der Waals surface area (Å²) in [6.45, 7) is 2.35. The first-order valence-electron chi connectivity index (χ1n) is 10.1. The van der Waals surface area contributed by atoms with Crippen molar-refractivity contribution in [3.8, 4) is 0 Å². The normalized spacial score (nSPS) is 20.6. The number of carbonyl (C=O) groups is 3. The van der Waals surface area contributed by atoms with Gasteiger partial charge in [0.25, 0.3) is 5.91 Å². The Hall–Kier alpha value is -2.37. The van der Waals surface area contributed by atoms with Gasteiger partial charge in [-0.3, -0.25) is 14.4 Å². The number of hydrogen-bond donors (Lipinski definition) is 1. The number of hydrogen-bond acceptors (Lipinski definition) is 3. The molecule has 27 heavy (non-hydrogen) atoms. The van der Waals surface area contributed by atoms with Crippen LogP contribution >= 0.6 is 0 Å². The minimum Gasteiger partial charge on any atom is -0.339 e. The van der Waals surface area contributed by atoms with Crippen LogP contribution in [0.15, 0.2) is 24.3 Å². The quantitative estimate of drug-likeness (QED) is 0.887. The van der Waals surface area contributed by atoms with Gasteiger partial charge in [-0.25, -0.2) is 0 Å². The highest BCUT2D eigenvalue weighted by Crippen LogP contribution is 2.30. The van der Waals surface area contributed by atoms with E-state index < -0.39 is 0 Å². The molecule has 144 valence electrons. The maximum absolute atomic E-state index is 12.8. The van der Waals surface area contributed by atoms with Crippen LogP contribution in [0, 0.1) is 11.8 Å². The van der Waals surface area contributed by atoms with Gasteiger partial charge in [0.2, 0.25) is 11.8 Å². The van der Waals surface area contributed by atoms with Crippen LogP contribution in [0.4, 0.5) is 5.69 Å². The van der Waals surface area contributed by atoms with E-state index in [0.29, 0.717) is 37.4 Å². The van der Waals surface area contributed by atoms with Gasteiger partial charge in [-0.2, -0.15) is 0 Å². The highest BCUT2D eigenvalue weighted by molar-refractivity contribution is 5.98. The Balaban J connectivity index is 1.33. The van der Waals surface area contributed by atoms with Crippen molar-refractivity contribution in [3.05, 3.63) is 29.8 Å². The number of piperazine rings is 1. The molecule has 1 aromatic carbocycles. The summed E-state index contributed by atoms with van der Waals surface area (Å²) in [6, 6.07) is 7.15. The van der Waals surface area contributed by atoms with Gasteiger partial charge in [-0.05, 0) is 43.9 Å². The maximum Gasteiger partial charge on any atom is 0.254 e. The zero-order valence-electron chi connectivity index (χ0n) is 15.7. The van der Waals surface area contributed by atoms with Crippen molar-refractivity contribution in [2.45, 2.75) is 38.5 Å². The Kier molecular flexibility index (Phi) is 5.14. The van der Waals surface area contributed by atoms with Crippen LogP contribution in [0.3, 0.4) is 0 Å². The second-order valence-electron chi connectivity index (χ2n) is 7.94. The van der Waals surface area contributed by atoms with Crippen LogP contribution in [-0.2, 0) is 9.59 Å². The Bertz CT molecular complexity index is 730. The van der Waals surface area contributed by atoms with E-state index in [2.05, 4.69) is 5.32 Å². The predicted molar refractivity (Wildman–Crippen MR) is 102 cm³/mol. The first-order chi connectivity index (χ1) is 13.1. The number of rotatable bonds is 4. The van der Waals surface area contributed by atoms with Crippen LogP contribution < -0.4 is 5.32 Å². The molecular formula is C21H27N3O3. The molecule has 0 aromatic heterocycles. The lowest BCUT2D eigenvalue weighted by Crippen LogP contribution is -2.51. The molecule has 6 nitrogen and oxygen atoms in total. The summed E-state index contributed by atoms with van der Waals surface area (Å²) in [6.07, 6.45) is 6.24. The Morgan fingerprint density at radius 1 is 0.852 bits per heavy atom. The molecule has 1 N–H and O–H groups in total. The number of amides is 3. The molecular weight excluding hydrogens is 342 g/mol. The van der Waals surface area contributed by atoms with Crippen LogP contribution in [0.5, 0.6) is 0 Å². The third-order valence-electron chi connectivity index (χ3n) is 5.91. The van der Waals surface area contributed by atoms with Gasteiger partial charge in [0.15, 0.2) is 0 Å². The van der Waals surface area contributed by atoms with E-state index in [4.69, 9.17) is 0 Å². The first-order valence-corrected chi connectivity index (χ1v) is 10.1. The van der Waals surface area contributed by atoms with Crippen molar-refractivity contribution in [1.29, 1.82) is 0 Å². The Morgan fingerprint density at radius 3 is 2.19 bits per heavy atom. The van der Waals surface area contributed by atoms with Crippen molar-refractivity contribution in [1.82, 2.24) is 9.80 Å². The average molecular weight is 369 g/mol. The van der Waals surface area contributed by atoms with E-state index in [1.165, 1.54) is 0 Å². The number of nitrogens with zero attached hydrogens (tertiary/aromatic N) is 2. The van der Waals surface area contributed by atoms with Crippen molar-refractivity contribution >= 4 is 23.4 Å². The fourth-order valence-electron chi connectivity index (χ4n) is 4.06. The van der Waals surface area contributed by atoms with E-state index in [1.807, 2.05) is 11.0 Å². The molecule has 0 unspecified atom stereocenters. The van der Waals surface area contributed by atoms with Gasteiger partial charge in [0.05, 0.1) is 0 Å². The summed E-state index contributed by atoms with van der Waals surface area (Å²) >= 11 is 0. The maximum atomic E-state index is 12.8. The van der Waals surface area contributed by atoms with Crippen molar-refractivity contribution < 1.29 is 14.4 Å². The topological polar surface area (TPSA) is 69.7 Å². The zero-order valence-corrected chi connectivity index (χ0v) is 15.7. The molecule has 0 bridgehead atoms. The van der Waals surface area contributed by atoms with Gasteiger partial charge >= 0.3 is 0 Å². The average Bonchev–Trinajstić information content (AvgIpc) is 3.42. The molecule has 2 aliphatic carbocycles. The number of benzene rings is 1. The van der Waals surface area contributed by atoms with E-state index >= 15 is 0 Å². The zero-order chi connectivity index (χ0) is 18.8. The number of nitrogens with one attached hydrogen (secondary N) is 1. The van der Waals surface area contributed by atoms with Gasteiger partial charge in [0, 0.05) is 49.3 Å². The molecule has 1 saturated heterocycles. The summed E-state index contributed by atoms with van der Waals surface area (Å²) in [7, 11) is 0. The summed E-state index contributed by atoms with van der Waals surface area (Å²) < 4.78 is 0. The van der Waals surface area contributed by atoms with Gasteiger partial charge in [-0.1, -0.05) is 18.9 Å². The lowest BCUT2D eigenvalue weighted by molar-refractivity contribution is -0.136. The van der Waals surface area contributed by atoms with Gasteiger partial charge in [-0.15, -0.1) is 0 Å². The fraction of sp³-hybridized carbons (Fsp3) is 0.571. The largest absolute Gasteiger partial charge is 0.339 e. The van der Waals surface area contributed by atoms with Crippen LogP contribution in [0.25, 0.3) is 0 Å². The van der Waals surface area contributed by atoms with E-state index in [0.717, 1.165) is 38.5 Å². The van der Waals surface area contributed by atoms with Crippen LogP contribution in [0.1, 0.15) is 48.9 Å². The molecule has 3 amide bonds. The standard InChI is InChI=1S/C21H27N3O3/c25-19(15-8-9-15)22-18-7-3-6-17(14-18)21(27)24-12-10-23(11-13-24)20(26)16-4-1-2-5-16/h3,6-7,14-16H,1-2,4-5,8-13H2,(H,22,25). The molecule has 4 rings (SSSR count). The van der Waals surface area contributed by atoms with E-state index in [1.54, 1.807) is 23.1 Å². The highest BCUT2D eigenvalue weighted by Gasteiger charge is 2.31. The molecule has 0 atom stereocenters. The second-order valence-corrected chi connectivity index (χ2v) is 7.94. The minimum atomic E-state index is -0.0366. The summed E-state index contributed by atoms with van der Waals surface area (Å²) in [5.74, 6) is 0.599. The summed E-state index contributed by atoms with van der Waals surface area (Å²) in [5, 5.41) is 2.89. The van der Waals surface area contributed by atoms with Crippen molar-refractivity contribution in [2.75, 3.05) is 31.5 Å². The minimum absolute atomic E-state index is 0.0366. The Morgan fingerprint density at radius 2 is 1.52 bits per heavy atom. The third-order valence-corrected chi connectivity index (χ3v) is 5.91. The number of carbonyl (C=O) groups excluding carboxylic acids is 3. The highest BCUT2D eigenvalue weighted by atomic mass is 16.2. The second kappa shape index (κ2) is 7.71. The molecule has 0 spiro atoms. The van der Waals surface area contributed by atoms with Crippen LogP contribution in [-0.4, -0.2) is 53.7 Å². The molecule has 3 fully saturated rings. The van der Waals surface area contributed by atoms with Crippen molar-refractivity contribution in [3.63, 3.8) is 0 Å². The lowest BCUT2D eigenvalue weighted by atomic mass is 10.1. The monoisotopic (exact) mass is 369 g/mol. The SMILES string of the molecule is O=C(Nc1cccc(C(=O)N2CCN(C(=O)C3CCCC3)CC2)c1)C1CC1. The molecule has 3 aliphatic rings. The summed E-state index contributed by atoms with van der Waals surface area (Å²) in [5.41, 5.74) is 1.26. The smallest absolute Gasteiger partial charge is 0.254 e. The molecule has 2 saturated carbocycles. The molecule has 1 aromatic rings. The fourth-order valence-corrected chi connectivity index (χ4v) is 4.06. The summed E-state index contributed by atoms with van der Waals surface area (Å²) in [4.78, 5) is 41.0. The van der Waals surface area contributed by atoms with Gasteiger partial charge < -0.3 is 15.1 Å². The van der Waals surface area contributed by atoms with Gasteiger partial charge in [0.1, 0.15) is 0 Å². The molecule has 0 radical (unpaired) electrons. The van der Waals surface area contributed by atoms with Crippen molar-refractivity contribution in [2.24, 2.45) is 11.8 Å². The number of anilines is 1. The lowest BCUT2D eigenvalue weighted by Gasteiger charge is -2.36.